The quantitative estimate of drug-likeness (QED) is 0.710. The van der Waals surface area contributed by atoms with Crippen LogP contribution in [0.5, 0.6) is 0 Å². The molecule has 0 radical (unpaired) electrons. The molecule has 0 amide bonds. The monoisotopic (exact) mass is 211 g/mol. The summed E-state index contributed by atoms with van der Waals surface area (Å²) in [5, 5.41) is 8.63. The fraction of sp³-hybridized carbons (Fsp3) is 0.143. The van der Waals surface area contributed by atoms with Crippen LogP contribution in [0, 0.1) is 18.3 Å². The maximum absolute atomic E-state index is 8.63. The first-order valence-electron chi connectivity index (χ1n) is 2.98. The Balaban J connectivity index is 3.40. The molecule has 0 saturated heterocycles. The lowest BCUT2D eigenvalue weighted by molar-refractivity contribution is 1.18. The maximum Gasteiger partial charge on any atom is 0.124 e. The van der Waals surface area contributed by atoms with Crippen molar-refractivity contribution >= 4 is 21.7 Å². The van der Waals surface area contributed by atoms with E-state index in [4.69, 9.17) is 11.0 Å². The molecule has 0 fully saturated rings. The fourth-order valence-electron chi connectivity index (χ4n) is 0.791. The van der Waals surface area contributed by atoms with Crippen molar-refractivity contribution < 1.29 is 0 Å². The number of rotatable bonds is 0. The Kier molecular flexibility index (Phi) is 2.11. The van der Waals surface area contributed by atoms with E-state index in [1.54, 1.807) is 13.0 Å². The molecule has 0 bridgehead atoms. The zero-order chi connectivity index (χ0) is 8.43. The number of hydrogen-bond donors (Lipinski definition) is 1. The molecular weight excluding hydrogens is 206 g/mol. The van der Waals surface area contributed by atoms with Gasteiger partial charge in [0.25, 0.3) is 0 Å². The third-order valence-electron chi connectivity index (χ3n) is 1.28. The van der Waals surface area contributed by atoms with Gasteiger partial charge in [0.15, 0.2) is 0 Å². The number of nitrogens with zero attached hydrogens (tertiary/aromatic N) is 2. The number of nitrogens with two attached hydrogens (primary N) is 1. The van der Waals surface area contributed by atoms with Gasteiger partial charge in [-0.1, -0.05) is 0 Å². The molecule has 1 aromatic heterocycles. The summed E-state index contributed by atoms with van der Waals surface area (Å²) in [6, 6.07) is 3.64. The van der Waals surface area contributed by atoms with Gasteiger partial charge in [-0.05, 0) is 28.9 Å². The molecule has 0 aliphatic carbocycles. The van der Waals surface area contributed by atoms with Gasteiger partial charge in [0.1, 0.15) is 11.9 Å². The number of aryl methyl sites for hydroxylation is 1. The van der Waals surface area contributed by atoms with Gasteiger partial charge in [-0.25, -0.2) is 4.98 Å². The Hall–Kier alpha value is -1.08. The van der Waals surface area contributed by atoms with Crippen LogP contribution < -0.4 is 5.73 Å². The number of hydrogen-bond acceptors (Lipinski definition) is 3. The molecule has 3 nitrogen and oxygen atoms in total. The molecule has 4 heteroatoms. The summed E-state index contributed by atoms with van der Waals surface area (Å²) in [5.74, 6) is 0.424. The van der Waals surface area contributed by atoms with Crippen molar-refractivity contribution in [3.8, 4) is 6.07 Å². The molecule has 56 valence electrons. The highest BCUT2D eigenvalue weighted by Crippen LogP contribution is 2.19. The van der Waals surface area contributed by atoms with Gasteiger partial charge >= 0.3 is 0 Å². The topological polar surface area (TPSA) is 62.7 Å². The van der Waals surface area contributed by atoms with E-state index in [1.165, 1.54) is 0 Å². The zero-order valence-electron chi connectivity index (χ0n) is 5.93. The average molecular weight is 212 g/mol. The third kappa shape index (κ3) is 1.49. The molecule has 0 aliphatic rings. The Labute approximate surface area is 73.0 Å². The largest absolute Gasteiger partial charge is 0.384 e. The van der Waals surface area contributed by atoms with Crippen LogP contribution in [0.4, 0.5) is 5.82 Å². The van der Waals surface area contributed by atoms with Crippen LogP contribution >= 0.6 is 15.9 Å². The molecule has 0 unspecified atom stereocenters. The minimum atomic E-state index is 0.424. The van der Waals surface area contributed by atoms with Gasteiger partial charge in [0, 0.05) is 4.47 Å². The van der Waals surface area contributed by atoms with Gasteiger partial charge in [-0.2, -0.15) is 5.26 Å². The van der Waals surface area contributed by atoms with Crippen LogP contribution in [0.15, 0.2) is 10.5 Å². The van der Waals surface area contributed by atoms with E-state index in [0.29, 0.717) is 21.5 Å². The van der Waals surface area contributed by atoms with Crippen LogP contribution in [0.25, 0.3) is 0 Å². The number of pyridine rings is 1. The summed E-state index contributed by atoms with van der Waals surface area (Å²) >= 11 is 3.22. The maximum atomic E-state index is 8.63. The second-order valence-corrected chi connectivity index (χ2v) is 2.96. The number of nitriles is 1. The molecule has 1 rings (SSSR count). The zero-order valence-corrected chi connectivity index (χ0v) is 7.51. The van der Waals surface area contributed by atoms with Crippen LogP contribution in [0.3, 0.4) is 0 Å². The molecule has 11 heavy (non-hydrogen) atoms. The Bertz CT molecular complexity index is 304. The lowest BCUT2D eigenvalue weighted by Crippen LogP contribution is -1.95. The van der Waals surface area contributed by atoms with E-state index in [0.717, 1.165) is 0 Å². The van der Waals surface area contributed by atoms with E-state index in [1.807, 2.05) is 6.07 Å². The normalized spacial score (nSPS) is 9.18. The average Bonchev–Trinajstić information content (AvgIpc) is 1.85. The van der Waals surface area contributed by atoms with E-state index in [9.17, 15) is 0 Å². The van der Waals surface area contributed by atoms with Gasteiger partial charge in [0.2, 0.25) is 0 Å². The van der Waals surface area contributed by atoms with Crippen molar-refractivity contribution in [1.29, 1.82) is 5.26 Å². The smallest absolute Gasteiger partial charge is 0.124 e. The third-order valence-corrected chi connectivity index (χ3v) is 1.91. The first kappa shape index (κ1) is 8.02. The van der Waals surface area contributed by atoms with Crippen molar-refractivity contribution in [3.05, 3.63) is 21.8 Å². The van der Waals surface area contributed by atoms with Crippen molar-refractivity contribution in [3.63, 3.8) is 0 Å². The van der Waals surface area contributed by atoms with Gasteiger partial charge in [-0.3, -0.25) is 0 Å². The second-order valence-electron chi connectivity index (χ2n) is 2.10. The minimum Gasteiger partial charge on any atom is -0.384 e. The number of aromatic nitrogens is 1. The standard InChI is InChI=1S/C7H6BrN3/c1-4-5(3-9)6(8)2-7(10)11-4/h2H,1H3,(H2,10,11). The van der Waals surface area contributed by atoms with Crippen LogP contribution in [0.1, 0.15) is 11.3 Å². The summed E-state index contributed by atoms with van der Waals surface area (Å²) in [4.78, 5) is 3.93. The molecule has 1 heterocycles. The lowest BCUT2D eigenvalue weighted by Gasteiger charge is -1.99. The SMILES string of the molecule is Cc1nc(N)cc(Br)c1C#N. The van der Waals surface area contributed by atoms with Gasteiger partial charge in [-0.15, -0.1) is 0 Å². The number of halogens is 1. The minimum absolute atomic E-state index is 0.424. The Morgan fingerprint density at radius 1 is 1.73 bits per heavy atom. The predicted molar refractivity (Wildman–Crippen MR) is 45.8 cm³/mol. The number of anilines is 1. The molecule has 0 saturated carbocycles. The first-order valence-corrected chi connectivity index (χ1v) is 3.77. The first-order chi connectivity index (χ1) is 5.15. The summed E-state index contributed by atoms with van der Waals surface area (Å²) in [5.41, 5.74) is 6.63. The summed E-state index contributed by atoms with van der Waals surface area (Å²) in [6.07, 6.45) is 0. The van der Waals surface area contributed by atoms with Crippen molar-refractivity contribution in [2.45, 2.75) is 6.92 Å². The van der Waals surface area contributed by atoms with Crippen molar-refractivity contribution in [2.24, 2.45) is 0 Å². The Morgan fingerprint density at radius 2 is 2.36 bits per heavy atom. The van der Waals surface area contributed by atoms with Crippen molar-refractivity contribution in [2.75, 3.05) is 5.73 Å². The lowest BCUT2D eigenvalue weighted by atomic mass is 10.2. The number of nitrogen functional groups attached to an aromatic ring is 1. The Morgan fingerprint density at radius 3 is 2.82 bits per heavy atom. The van der Waals surface area contributed by atoms with Crippen LogP contribution in [-0.4, -0.2) is 4.98 Å². The molecule has 2 N–H and O–H groups in total. The van der Waals surface area contributed by atoms with Crippen molar-refractivity contribution in [1.82, 2.24) is 4.98 Å². The van der Waals surface area contributed by atoms with Gasteiger partial charge < -0.3 is 5.73 Å². The highest BCUT2D eigenvalue weighted by molar-refractivity contribution is 9.10. The summed E-state index contributed by atoms with van der Waals surface area (Å²) in [7, 11) is 0. The van der Waals surface area contributed by atoms with E-state index in [2.05, 4.69) is 20.9 Å². The van der Waals surface area contributed by atoms with Crippen LogP contribution in [0.2, 0.25) is 0 Å². The molecule has 0 atom stereocenters. The van der Waals surface area contributed by atoms with Gasteiger partial charge in [0.05, 0.1) is 11.3 Å². The molecule has 1 aromatic rings. The molecule has 0 spiro atoms. The molecule has 0 aromatic carbocycles. The fourth-order valence-corrected chi connectivity index (χ4v) is 1.40. The predicted octanol–water partition coefficient (Wildman–Crippen LogP) is 1.61. The highest BCUT2D eigenvalue weighted by Gasteiger charge is 2.04. The molecular formula is C7H6BrN3. The second kappa shape index (κ2) is 2.89. The summed E-state index contributed by atoms with van der Waals surface area (Å²) < 4.78 is 0.699. The van der Waals surface area contributed by atoms with E-state index >= 15 is 0 Å². The molecule has 0 aliphatic heterocycles. The van der Waals surface area contributed by atoms with Crippen LogP contribution in [-0.2, 0) is 0 Å². The summed E-state index contributed by atoms with van der Waals surface area (Å²) in [6.45, 7) is 1.75. The van der Waals surface area contributed by atoms with E-state index < -0.39 is 0 Å². The highest BCUT2D eigenvalue weighted by atomic mass is 79.9. The van der Waals surface area contributed by atoms with E-state index in [-0.39, 0.29) is 0 Å².